The topological polar surface area (TPSA) is 24.9 Å². The van der Waals surface area contributed by atoms with Gasteiger partial charge in [-0.2, -0.15) is 0 Å². The molecule has 20 heavy (non-hydrogen) atoms. The van der Waals surface area contributed by atoms with Crippen molar-refractivity contribution >= 4 is 11.3 Å². The van der Waals surface area contributed by atoms with E-state index in [1.807, 2.05) is 7.05 Å². The molecule has 0 aliphatic rings. The molecule has 2 nitrogen and oxygen atoms in total. The highest BCUT2D eigenvalue weighted by molar-refractivity contribution is 7.15. The summed E-state index contributed by atoms with van der Waals surface area (Å²) in [6, 6.07) is 8.77. The first kappa shape index (κ1) is 15.2. The fourth-order valence-corrected chi connectivity index (χ4v) is 3.51. The van der Waals surface area contributed by atoms with Gasteiger partial charge in [-0.3, -0.25) is 0 Å². The van der Waals surface area contributed by atoms with Crippen LogP contribution in [-0.4, -0.2) is 12.0 Å². The largest absolute Gasteiger partial charge is 0.315 e. The van der Waals surface area contributed by atoms with Crippen molar-refractivity contribution in [2.24, 2.45) is 0 Å². The number of hydrogen-bond donors (Lipinski definition) is 1. The van der Waals surface area contributed by atoms with E-state index in [2.05, 4.69) is 57.3 Å². The summed E-state index contributed by atoms with van der Waals surface area (Å²) in [6.45, 7) is 9.75. The summed E-state index contributed by atoms with van der Waals surface area (Å²) in [5.41, 5.74) is 3.90. The zero-order valence-electron chi connectivity index (χ0n) is 13.1. The number of aryl methyl sites for hydroxylation is 1. The molecule has 0 radical (unpaired) electrons. The fourth-order valence-electron chi connectivity index (χ4n) is 2.22. The van der Waals surface area contributed by atoms with Crippen molar-refractivity contribution in [2.75, 3.05) is 7.05 Å². The summed E-state index contributed by atoms with van der Waals surface area (Å²) < 4.78 is 0. The van der Waals surface area contributed by atoms with Gasteiger partial charge >= 0.3 is 0 Å². The molecule has 0 amide bonds. The van der Waals surface area contributed by atoms with E-state index in [1.54, 1.807) is 11.3 Å². The van der Waals surface area contributed by atoms with Crippen LogP contribution in [0.25, 0.3) is 10.6 Å². The first-order valence-electron chi connectivity index (χ1n) is 7.19. The Labute approximate surface area is 126 Å². The van der Waals surface area contributed by atoms with Crippen LogP contribution >= 0.6 is 11.3 Å². The first-order valence-corrected chi connectivity index (χ1v) is 8.01. The van der Waals surface area contributed by atoms with Crippen LogP contribution in [0.5, 0.6) is 0 Å². The summed E-state index contributed by atoms with van der Waals surface area (Å²) >= 11 is 1.80. The van der Waals surface area contributed by atoms with E-state index in [-0.39, 0.29) is 5.41 Å². The van der Waals surface area contributed by atoms with Gasteiger partial charge in [-0.25, -0.2) is 4.98 Å². The van der Waals surface area contributed by atoms with Gasteiger partial charge in [0.15, 0.2) is 0 Å². The SMILES string of the molecule is CCc1ccc(-c2nc(C(C)(C)C)c(CNC)s2)cc1. The molecule has 2 aromatic rings. The molecule has 0 aliphatic carbocycles. The van der Waals surface area contributed by atoms with E-state index in [0.29, 0.717) is 0 Å². The smallest absolute Gasteiger partial charge is 0.123 e. The average Bonchev–Trinajstić information content (AvgIpc) is 2.83. The number of aromatic nitrogens is 1. The molecular weight excluding hydrogens is 264 g/mol. The third-order valence-corrected chi connectivity index (χ3v) is 4.46. The van der Waals surface area contributed by atoms with Gasteiger partial charge in [0.05, 0.1) is 5.69 Å². The highest BCUT2D eigenvalue weighted by Gasteiger charge is 2.23. The number of rotatable bonds is 4. The molecule has 0 saturated carbocycles. The highest BCUT2D eigenvalue weighted by atomic mass is 32.1. The van der Waals surface area contributed by atoms with Gasteiger partial charge in [0.25, 0.3) is 0 Å². The second kappa shape index (κ2) is 6.06. The molecule has 3 heteroatoms. The predicted octanol–water partition coefficient (Wildman–Crippen LogP) is 4.39. The summed E-state index contributed by atoms with van der Waals surface area (Å²) in [7, 11) is 1.99. The summed E-state index contributed by atoms with van der Waals surface area (Å²) in [4.78, 5) is 6.25. The minimum absolute atomic E-state index is 0.0876. The van der Waals surface area contributed by atoms with Crippen molar-refractivity contribution in [1.82, 2.24) is 10.3 Å². The summed E-state index contributed by atoms with van der Waals surface area (Å²) in [5, 5.41) is 4.38. The second-order valence-electron chi connectivity index (χ2n) is 6.12. The molecule has 1 aromatic carbocycles. The van der Waals surface area contributed by atoms with Crippen LogP contribution in [0.1, 0.15) is 43.8 Å². The Morgan fingerprint density at radius 2 is 1.80 bits per heavy atom. The maximum atomic E-state index is 4.90. The summed E-state index contributed by atoms with van der Waals surface area (Å²) in [6.07, 6.45) is 1.08. The molecule has 0 aliphatic heterocycles. The third-order valence-electron chi connectivity index (χ3n) is 3.35. The number of thiazole rings is 1. The van der Waals surface area contributed by atoms with Gasteiger partial charge in [0, 0.05) is 22.4 Å². The quantitative estimate of drug-likeness (QED) is 0.902. The number of nitrogens with one attached hydrogen (secondary N) is 1. The Kier molecular flexibility index (Phi) is 4.61. The van der Waals surface area contributed by atoms with Crippen molar-refractivity contribution in [3.05, 3.63) is 40.4 Å². The van der Waals surface area contributed by atoms with E-state index in [9.17, 15) is 0 Å². The number of nitrogens with zero attached hydrogens (tertiary/aromatic N) is 1. The molecule has 1 N–H and O–H groups in total. The molecule has 0 unspecified atom stereocenters. The third kappa shape index (κ3) is 3.28. The minimum atomic E-state index is 0.0876. The van der Waals surface area contributed by atoms with Crippen LogP contribution in [0, 0.1) is 0 Å². The maximum absolute atomic E-state index is 4.90. The first-order chi connectivity index (χ1) is 9.45. The normalized spacial score (nSPS) is 11.8. The molecule has 1 aromatic heterocycles. The molecule has 0 atom stereocenters. The molecule has 0 fully saturated rings. The Hall–Kier alpha value is -1.19. The zero-order valence-corrected chi connectivity index (χ0v) is 13.9. The standard InChI is InChI=1S/C17H24N2S/c1-6-12-7-9-13(10-8-12)16-19-15(17(2,3)4)14(20-16)11-18-5/h7-10,18H,6,11H2,1-5H3. The lowest BCUT2D eigenvalue weighted by atomic mass is 9.91. The molecule has 2 rings (SSSR count). The van der Waals surface area contributed by atoms with Crippen LogP contribution in [-0.2, 0) is 18.4 Å². The molecule has 0 spiro atoms. The van der Waals surface area contributed by atoms with Gasteiger partial charge in [-0.05, 0) is 19.0 Å². The van der Waals surface area contributed by atoms with E-state index in [4.69, 9.17) is 4.98 Å². The lowest BCUT2D eigenvalue weighted by Crippen LogP contribution is -2.16. The van der Waals surface area contributed by atoms with Gasteiger partial charge in [0.1, 0.15) is 5.01 Å². The van der Waals surface area contributed by atoms with Gasteiger partial charge in [-0.1, -0.05) is 52.0 Å². The lowest BCUT2D eigenvalue weighted by molar-refractivity contribution is 0.563. The van der Waals surface area contributed by atoms with Crippen LogP contribution < -0.4 is 5.32 Å². The zero-order chi connectivity index (χ0) is 14.8. The second-order valence-corrected chi connectivity index (χ2v) is 7.21. The van der Waals surface area contributed by atoms with Crippen molar-refractivity contribution in [3.8, 4) is 10.6 Å². The summed E-state index contributed by atoms with van der Waals surface area (Å²) in [5.74, 6) is 0. The Morgan fingerprint density at radius 3 is 2.30 bits per heavy atom. The predicted molar refractivity (Wildman–Crippen MR) is 88.4 cm³/mol. The van der Waals surface area contributed by atoms with Crippen LogP contribution in [0.4, 0.5) is 0 Å². The van der Waals surface area contributed by atoms with Crippen LogP contribution in [0.3, 0.4) is 0 Å². The van der Waals surface area contributed by atoms with Crippen LogP contribution in [0.15, 0.2) is 24.3 Å². The Morgan fingerprint density at radius 1 is 1.15 bits per heavy atom. The van der Waals surface area contributed by atoms with Gasteiger partial charge in [-0.15, -0.1) is 11.3 Å². The fraction of sp³-hybridized carbons (Fsp3) is 0.471. The Bertz CT molecular complexity index is 562. The van der Waals surface area contributed by atoms with Crippen molar-refractivity contribution in [1.29, 1.82) is 0 Å². The Balaban J connectivity index is 2.41. The average molecular weight is 288 g/mol. The van der Waals surface area contributed by atoms with Crippen molar-refractivity contribution in [3.63, 3.8) is 0 Å². The molecular formula is C17H24N2S. The van der Waals surface area contributed by atoms with Gasteiger partial charge in [0.2, 0.25) is 0 Å². The van der Waals surface area contributed by atoms with E-state index in [1.165, 1.54) is 21.7 Å². The minimum Gasteiger partial charge on any atom is -0.315 e. The van der Waals surface area contributed by atoms with Crippen molar-refractivity contribution in [2.45, 2.75) is 46.1 Å². The molecule has 0 bridgehead atoms. The van der Waals surface area contributed by atoms with E-state index < -0.39 is 0 Å². The van der Waals surface area contributed by atoms with Crippen molar-refractivity contribution < 1.29 is 0 Å². The number of benzene rings is 1. The van der Waals surface area contributed by atoms with E-state index in [0.717, 1.165) is 18.0 Å². The monoisotopic (exact) mass is 288 g/mol. The van der Waals surface area contributed by atoms with Gasteiger partial charge < -0.3 is 5.32 Å². The lowest BCUT2D eigenvalue weighted by Gasteiger charge is -2.17. The number of hydrogen-bond acceptors (Lipinski definition) is 3. The molecule has 108 valence electrons. The van der Waals surface area contributed by atoms with E-state index >= 15 is 0 Å². The highest BCUT2D eigenvalue weighted by Crippen LogP contribution is 2.34. The maximum Gasteiger partial charge on any atom is 0.123 e. The molecule has 0 saturated heterocycles. The molecule has 1 heterocycles. The van der Waals surface area contributed by atoms with Crippen LogP contribution in [0.2, 0.25) is 0 Å².